The molecule has 0 aromatic carbocycles. The molecule has 0 aromatic rings. The minimum Gasteiger partial charge on any atom is -0.464 e. The van der Waals surface area contributed by atoms with Gasteiger partial charge in [-0.3, -0.25) is 0 Å². The molecule has 0 atom stereocenters. The maximum absolute atomic E-state index is 10.9. The third-order valence-electron chi connectivity index (χ3n) is 1.37. The van der Waals surface area contributed by atoms with Crippen molar-refractivity contribution in [3.8, 4) is 0 Å². The van der Waals surface area contributed by atoms with Crippen LogP contribution in [0.15, 0.2) is 0 Å². The van der Waals surface area contributed by atoms with Crippen LogP contribution < -0.4 is 4.72 Å². The van der Waals surface area contributed by atoms with E-state index in [0.717, 1.165) is 10.7 Å². The van der Waals surface area contributed by atoms with E-state index in [-0.39, 0.29) is 0 Å². The number of amides is 1. The number of nitrogens with zero attached hydrogens (tertiary/aromatic N) is 1. The molecule has 1 amide bonds. The summed E-state index contributed by atoms with van der Waals surface area (Å²) in [6.07, 6.45) is -0.752. The van der Waals surface area contributed by atoms with E-state index in [9.17, 15) is 13.2 Å². The lowest BCUT2D eigenvalue weighted by Crippen LogP contribution is -2.49. The Morgan fingerprint density at radius 3 is 2.27 bits per heavy atom. The largest absolute Gasteiger partial charge is 0.464 e. The standard InChI is InChI=1S/C4H8N2O4S/c7-4(8)5-11(9,10)6-2-1-3-6/h5H,1-3H2,(H,7,8). The fraction of sp³-hybridized carbons (Fsp3) is 0.750. The van der Waals surface area contributed by atoms with E-state index in [4.69, 9.17) is 5.11 Å². The highest BCUT2D eigenvalue weighted by molar-refractivity contribution is 7.87. The van der Waals surface area contributed by atoms with Crippen LogP contribution in [0.25, 0.3) is 0 Å². The van der Waals surface area contributed by atoms with Crippen molar-refractivity contribution in [2.75, 3.05) is 13.1 Å². The third-order valence-corrected chi connectivity index (χ3v) is 2.85. The Morgan fingerprint density at radius 2 is 2.00 bits per heavy atom. The highest BCUT2D eigenvalue weighted by atomic mass is 32.2. The van der Waals surface area contributed by atoms with Gasteiger partial charge in [-0.05, 0) is 6.42 Å². The van der Waals surface area contributed by atoms with Crippen molar-refractivity contribution >= 4 is 16.3 Å². The highest BCUT2D eigenvalue weighted by Gasteiger charge is 2.28. The molecular weight excluding hydrogens is 172 g/mol. The monoisotopic (exact) mass is 180 g/mol. The number of nitrogens with one attached hydrogen (secondary N) is 1. The second-order valence-corrected chi connectivity index (χ2v) is 3.84. The predicted octanol–water partition coefficient (Wildman–Crippen LogP) is -0.795. The van der Waals surface area contributed by atoms with E-state index in [1.165, 1.54) is 4.72 Å². The first-order valence-electron chi connectivity index (χ1n) is 3.03. The molecule has 1 rings (SSSR count). The van der Waals surface area contributed by atoms with Gasteiger partial charge in [0.25, 0.3) is 0 Å². The number of rotatable bonds is 2. The summed E-state index contributed by atoms with van der Waals surface area (Å²) in [5.74, 6) is 0. The van der Waals surface area contributed by atoms with E-state index >= 15 is 0 Å². The van der Waals surface area contributed by atoms with Crippen molar-refractivity contribution in [1.29, 1.82) is 0 Å². The van der Waals surface area contributed by atoms with Crippen molar-refractivity contribution in [3.05, 3.63) is 0 Å². The second-order valence-electron chi connectivity index (χ2n) is 2.16. The maximum Gasteiger partial charge on any atom is 0.419 e. The molecule has 0 radical (unpaired) electrons. The quantitative estimate of drug-likeness (QED) is 0.582. The van der Waals surface area contributed by atoms with Crippen molar-refractivity contribution < 1.29 is 18.3 Å². The van der Waals surface area contributed by atoms with Gasteiger partial charge in [-0.15, -0.1) is 0 Å². The number of hydrogen-bond acceptors (Lipinski definition) is 3. The van der Waals surface area contributed by atoms with E-state index < -0.39 is 16.3 Å². The molecule has 1 fully saturated rings. The van der Waals surface area contributed by atoms with E-state index in [0.29, 0.717) is 13.1 Å². The van der Waals surface area contributed by atoms with E-state index in [1.807, 2.05) is 0 Å². The summed E-state index contributed by atoms with van der Waals surface area (Å²) < 4.78 is 24.2. The Balaban J connectivity index is 2.59. The lowest BCUT2D eigenvalue weighted by atomic mass is 10.3. The molecule has 11 heavy (non-hydrogen) atoms. The summed E-state index contributed by atoms with van der Waals surface area (Å²) in [7, 11) is -3.74. The summed E-state index contributed by atoms with van der Waals surface area (Å²) in [5, 5.41) is 8.10. The van der Waals surface area contributed by atoms with Crippen LogP contribution in [0.2, 0.25) is 0 Å². The van der Waals surface area contributed by atoms with E-state index in [1.54, 1.807) is 0 Å². The van der Waals surface area contributed by atoms with Crippen LogP contribution in [0.3, 0.4) is 0 Å². The zero-order valence-electron chi connectivity index (χ0n) is 5.65. The molecule has 1 aliphatic heterocycles. The lowest BCUT2D eigenvalue weighted by molar-refractivity contribution is 0.199. The van der Waals surface area contributed by atoms with Crippen molar-refractivity contribution in [2.45, 2.75) is 6.42 Å². The average Bonchev–Trinajstić information content (AvgIpc) is 1.50. The van der Waals surface area contributed by atoms with Gasteiger partial charge in [-0.25, -0.2) is 9.52 Å². The van der Waals surface area contributed by atoms with Crippen LogP contribution in [0, 0.1) is 0 Å². The SMILES string of the molecule is O=C(O)NS(=O)(=O)N1CCC1. The lowest BCUT2D eigenvalue weighted by Gasteiger charge is -2.28. The van der Waals surface area contributed by atoms with Gasteiger partial charge in [-0.2, -0.15) is 12.7 Å². The molecule has 7 heteroatoms. The molecular formula is C4H8N2O4S. The van der Waals surface area contributed by atoms with E-state index in [2.05, 4.69) is 0 Å². The highest BCUT2D eigenvalue weighted by Crippen LogP contribution is 2.09. The molecule has 1 aliphatic rings. The molecule has 0 unspecified atom stereocenters. The zero-order valence-corrected chi connectivity index (χ0v) is 6.47. The van der Waals surface area contributed by atoms with Crippen LogP contribution in [0.4, 0.5) is 4.79 Å². The van der Waals surface area contributed by atoms with Crippen LogP contribution in [0.1, 0.15) is 6.42 Å². The average molecular weight is 180 g/mol. The predicted molar refractivity (Wildman–Crippen MR) is 36.3 cm³/mol. The van der Waals surface area contributed by atoms with Crippen LogP contribution in [-0.2, 0) is 10.2 Å². The summed E-state index contributed by atoms with van der Waals surface area (Å²) in [4.78, 5) is 9.94. The summed E-state index contributed by atoms with van der Waals surface area (Å²) in [6.45, 7) is 0.811. The minimum absolute atomic E-state index is 0.405. The van der Waals surface area contributed by atoms with Crippen molar-refractivity contribution in [3.63, 3.8) is 0 Å². The topological polar surface area (TPSA) is 86.7 Å². The molecule has 0 aromatic heterocycles. The number of carboxylic acid groups (broad SMARTS) is 1. The van der Waals surface area contributed by atoms with Gasteiger partial charge in [0, 0.05) is 13.1 Å². The van der Waals surface area contributed by atoms with Gasteiger partial charge in [0.15, 0.2) is 0 Å². The molecule has 2 N–H and O–H groups in total. The first-order valence-corrected chi connectivity index (χ1v) is 4.47. The van der Waals surface area contributed by atoms with Crippen LogP contribution >= 0.6 is 0 Å². The van der Waals surface area contributed by atoms with Gasteiger partial charge >= 0.3 is 16.3 Å². The number of hydrogen-bond donors (Lipinski definition) is 2. The van der Waals surface area contributed by atoms with Gasteiger partial charge in [0.05, 0.1) is 0 Å². The molecule has 0 spiro atoms. The smallest absolute Gasteiger partial charge is 0.419 e. The Bertz CT molecular complexity index is 255. The fourth-order valence-electron chi connectivity index (χ4n) is 0.702. The van der Waals surface area contributed by atoms with Crippen molar-refractivity contribution in [1.82, 2.24) is 9.03 Å². The molecule has 1 heterocycles. The van der Waals surface area contributed by atoms with Gasteiger partial charge in [-0.1, -0.05) is 0 Å². The first kappa shape index (κ1) is 8.28. The second kappa shape index (κ2) is 2.67. The zero-order chi connectivity index (χ0) is 8.48. The molecule has 64 valence electrons. The Labute approximate surface area is 64.0 Å². The van der Waals surface area contributed by atoms with Gasteiger partial charge < -0.3 is 5.11 Å². The van der Waals surface area contributed by atoms with Gasteiger partial charge in [0.1, 0.15) is 0 Å². The first-order chi connectivity index (χ1) is 5.02. The third kappa shape index (κ3) is 1.81. The molecule has 0 aliphatic carbocycles. The molecule has 0 saturated carbocycles. The maximum atomic E-state index is 10.9. The number of carbonyl (C=O) groups is 1. The van der Waals surface area contributed by atoms with Crippen LogP contribution in [-0.4, -0.2) is 37.0 Å². The normalized spacial score (nSPS) is 18.9. The van der Waals surface area contributed by atoms with Crippen molar-refractivity contribution in [2.24, 2.45) is 0 Å². The Hall–Kier alpha value is -0.820. The summed E-state index contributed by atoms with van der Waals surface area (Å²) >= 11 is 0. The molecule has 1 saturated heterocycles. The van der Waals surface area contributed by atoms with Crippen LogP contribution in [0.5, 0.6) is 0 Å². The Morgan fingerprint density at radius 1 is 1.45 bits per heavy atom. The summed E-state index contributed by atoms with van der Waals surface area (Å²) in [6, 6.07) is 0. The Kier molecular flexibility index (Phi) is 2.01. The molecule has 6 nitrogen and oxygen atoms in total. The molecule has 0 bridgehead atoms. The van der Waals surface area contributed by atoms with Gasteiger partial charge in [0.2, 0.25) is 0 Å². The summed E-state index contributed by atoms with van der Waals surface area (Å²) in [5.41, 5.74) is 0. The fourth-order valence-corrected chi connectivity index (χ4v) is 1.79. The minimum atomic E-state index is -3.74.